The van der Waals surface area contributed by atoms with Crippen LogP contribution in [0.2, 0.25) is 0 Å². The highest BCUT2D eigenvalue weighted by molar-refractivity contribution is 9.13. The lowest BCUT2D eigenvalue weighted by molar-refractivity contribution is -0.294. The molecule has 1 N–H and O–H groups in total. The van der Waals surface area contributed by atoms with Crippen LogP contribution in [0.1, 0.15) is 17.8 Å². The first-order chi connectivity index (χ1) is 8.11. The number of alkyl halides is 5. The average molecular weight is 417 g/mol. The maximum atomic E-state index is 13.4. The van der Waals surface area contributed by atoms with Gasteiger partial charge < -0.3 is 5.32 Å². The van der Waals surface area contributed by atoms with Crippen molar-refractivity contribution in [2.75, 3.05) is 6.54 Å². The third-order valence-corrected chi connectivity index (χ3v) is 5.42. The molecule has 1 aromatic rings. The number of hydrogen-bond acceptors (Lipinski definition) is 2. The van der Waals surface area contributed by atoms with Gasteiger partial charge in [-0.1, -0.05) is 6.92 Å². The lowest BCUT2D eigenvalue weighted by Gasteiger charge is -2.28. The van der Waals surface area contributed by atoms with Gasteiger partial charge in [0.15, 0.2) is 0 Å². The molecule has 0 saturated heterocycles. The van der Waals surface area contributed by atoms with E-state index in [2.05, 4.69) is 37.2 Å². The van der Waals surface area contributed by atoms with E-state index in [1.54, 1.807) is 0 Å². The Morgan fingerprint density at radius 1 is 1.28 bits per heavy atom. The number of hydrogen-bond donors (Lipinski definition) is 1. The van der Waals surface area contributed by atoms with Gasteiger partial charge in [0, 0.05) is 9.35 Å². The standard InChI is InChI=1S/C9H8Br2F5NS/c1-2-17-6(8(12,13)9(14,15)16)5-3-4(10)7(11)18-5/h3,6,17H,2H2,1H3. The first-order valence-corrected chi connectivity index (χ1v) is 7.14. The summed E-state index contributed by atoms with van der Waals surface area (Å²) in [5.41, 5.74) is 0. The van der Waals surface area contributed by atoms with E-state index >= 15 is 0 Å². The molecule has 0 aliphatic carbocycles. The van der Waals surface area contributed by atoms with Gasteiger partial charge in [-0.25, -0.2) is 0 Å². The van der Waals surface area contributed by atoms with Gasteiger partial charge in [0.25, 0.3) is 0 Å². The Morgan fingerprint density at radius 2 is 1.83 bits per heavy atom. The fraction of sp³-hybridized carbons (Fsp3) is 0.556. The summed E-state index contributed by atoms with van der Waals surface area (Å²) in [4.78, 5) is -0.0853. The van der Waals surface area contributed by atoms with Crippen molar-refractivity contribution in [3.8, 4) is 0 Å². The fourth-order valence-electron chi connectivity index (χ4n) is 1.28. The Bertz CT molecular complexity index is 398. The molecule has 0 radical (unpaired) electrons. The molecule has 1 rings (SSSR count). The van der Waals surface area contributed by atoms with Gasteiger partial charge in [0.1, 0.15) is 6.04 Å². The summed E-state index contributed by atoms with van der Waals surface area (Å²) >= 11 is 6.97. The molecule has 104 valence electrons. The normalized spacial score (nSPS) is 14.9. The number of rotatable bonds is 4. The van der Waals surface area contributed by atoms with Gasteiger partial charge in [0.2, 0.25) is 0 Å². The minimum atomic E-state index is -5.59. The predicted octanol–water partition coefficient (Wildman–Crippen LogP) is 5.12. The van der Waals surface area contributed by atoms with Gasteiger partial charge in [-0.2, -0.15) is 22.0 Å². The van der Waals surface area contributed by atoms with Gasteiger partial charge in [-0.3, -0.25) is 0 Å². The summed E-state index contributed by atoms with van der Waals surface area (Å²) in [6.07, 6.45) is -5.59. The Labute approximate surface area is 121 Å². The summed E-state index contributed by atoms with van der Waals surface area (Å²) in [7, 11) is 0. The second kappa shape index (κ2) is 5.72. The Morgan fingerprint density at radius 3 is 2.17 bits per heavy atom. The van der Waals surface area contributed by atoms with Crippen molar-refractivity contribution < 1.29 is 22.0 Å². The Kier molecular flexibility index (Phi) is 5.19. The molecule has 0 bridgehead atoms. The summed E-state index contributed by atoms with van der Waals surface area (Å²) in [5.74, 6) is -4.83. The largest absolute Gasteiger partial charge is 0.455 e. The van der Waals surface area contributed by atoms with Gasteiger partial charge >= 0.3 is 12.1 Å². The van der Waals surface area contributed by atoms with Crippen LogP contribution in [0.25, 0.3) is 0 Å². The van der Waals surface area contributed by atoms with Crippen molar-refractivity contribution in [3.63, 3.8) is 0 Å². The van der Waals surface area contributed by atoms with Gasteiger partial charge in [0.05, 0.1) is 3.79 Å². The average Bonchev–Trinajstić information content (AvgIpc) is 2.53. The van der Waals surface area contributed by atoms with Crippen molar-refractivity contribution in [3.05, 3.63) is 19.2 Å². The lowest BCUT2D eigenvalue weighted by Crippen LogP contribution is -2.47. The molecule has 1 heterocycles. The minimum absolute atomic E-state index is 0.00345. The van der Waals surface area contributed by atoms with Crippen molar-refractivity contribution in [2.45, 2.75) is 25.1 Å². The minimum Gasteiger partial charge on any atom is -0.304 e. The maximum Gasteiger partial charge on any atom is 0.455 e. The van der Waals surface area contributed by atoms with Crippen molar-refractivity contribution in [1.82, 2.24) is 5.32 Å². The molecular weight excluding hydrogens is 409 g/mol. The van der Waals surface area contributed by atoms with Crippen LogP contribution in [0.5, 0.6) is 0 Å². The summed E-state index contributed by atoms with van der Waals surface area (Å²) in [6.45, 7) is 1.47. The first kappa shape index (κ1) is 16.3. The quantitative estimate of drug-likeness (QED) is 0.671. The van der Waals surface area contributed by atoms with Gasteiger partial charge in [-0.05, 0) is 44.5 Å². The summed E-state index contributed by atoms with van der Waals surface area (Å²) in [6, 6.07) is -0.836. The topological polar surface area (TPSA) is 12.0 Å². The van der Waals surface area contributed by atoms with Crippen LogP contribution in [0.15, 0.2) is 14.3 Å². The maximum absolute atomic E-state index is 13.4. The van der Waals surface area contributed by atoms with Crippen LogP contribution < -0.4 is 5.32 Å². The molecule has 0 aromatic carbocycles. The van der Waals surface area contributed by atoms with E-state index in [9.17, 15) is 22.0 Å². The molecule has 1 aromatic heterocycles. The molecule has 0 amide bonds. The molecular formula is C9H8Br2F5NS. The van der Waals surface area contributed by atoms with Crippen LogP contribution in [0.4, 0.5) is 22.0 Å². The molecule has 1 nitrogen and oxygen atoms in total. The summed E-state index contributed by atoms with van der Waals surface area (Å²) in [5, 5.41) is 2.19. The zero-order chi connectivity index (χ0) is 14.1. The van der Waals surface area contributed by atoms with Crippen molar-refractivity contribution in [2.24, 2.45) is 0 Å². The van der Waals surface area contributed by atoms with Gasteiger partial charge in [-0.15, -0.1) is 11.3 Å². The highest BCUT2D eigenvalue weighted by atomic mass is 79.9. The SMILES string of the molecule is CCNC(c1cc(Br)c(Br)s1)C(F)(F)C(F)(F)F. The van der Waals surface area contributed by atoms with E-state index in [1.807, 2.05) is 0 Å². The number of nitrogens with one attached hydrogen (secondary N) is 1. The third kappa shape index (κ3) is 3.23. The fourth-order valence-corrected chi connectivity index (χ4v) is 3.49. The van der Waals surface area contributed by atoms with E-state index in [0.29, 0.717) is 8.26 Å². The number of halogens is 7. The second-order valence-corrected chi connectivity index (χ2v) is 6.64. The Hall–Kier alpha value is 0.270. The lowest BCUT2D eigenvalue weighted by atomic mass is 10.1. The molecule has 1 atom stereocenters. The van der Waals surface area contributed by atoms with Crippen molar-refractivity contribution >= 4 is 43.2 Å². The third-order valence-electron chi connectivity index (χ3n) is 2.10. The number of thiophene rings is 1. The highest BCUT2D eigenvalue weighted by Gasteiger charge is 2.63. The molecule has 0 fully saturated rings. The highest BCUT2D eigenvalue weighted by Crippen LogP contribution is 2.47. The smallest absolute Gasteiger partial charge is 0.304 e. The van der Waals surface area contributed by atoms with Crippen LogP contribution >= 0.6 is 43.2 Å². The molecule has 0 aliphatic rings. The Balaban J connectivity index is 3.18. The van der Waals surface area contributed by atoms with Crippen LogP contribution in [0.3, 0.4) is 0 Å². The predicted molar refractivity (Wildman–Crippen MR) is 67.1 cm³/mol. The van der Waals surface area contributed by atoms with Crippen molar-refractivity contribution in [1.29, 1.82) is 0 Å². The molecule has 0 saturated carbocycles. The van der Waals surface area contributed by atoms with E-state index in [-0.39, 0.29) is 11.4 Å². The van der Waals surface area contributed by atoms with E-state index < -0.39 is 18.1 Å². The van der Waals surface area contributed by atoms with E-state index in [4.69, 9.17) is 0 Å². The van der Waals surface area contributed by atoms with Crippen LogP contribution in [-0.4, -0.2) is 18.6 Å². The first-order valence-electron chi connectivity index (χ1n) is 4.74. The van der Waals surface area contributed by atoms with Crippen LogP contribution in [-0.2, 0) is 0 Å². The molecule has 9 heteroatoms. The monoisotopic (exact) mass is 415 g/mol. The zero-order valence-corrected chi connectivity index (χ0v) is 12.9. The molecule has 18 heavy (non-hydrogen) atoms. The zero-order valence-electron chi connectivity index (χ0n) is 8.92. The molecule has 1 unspecified atom stereocenters. The second-order valence-electron chi connectivity index (χ2n) is 3.38. The molecule has 0 aliphatic heterocycles. The molecule has 0 spiro atoms. The van der Waals surface area contributed by atoms with E-state index in [0.717, 1.165) is 11.3 Å². The summed E-state index contributed by atoms with van der Waals surface area (Å²) < 4.78 is 64.9. The van der Waals surface area contributed by atoms with Crippen LogP contribution in [0, 0.1) is 0 Å². The van der Waals surface area contributed by atoms with E-state index in [1.165, 1.54) is 13.0 Å².